The second-order valence-corrected chi connectivity index (χ2v) is 9.33. The second-order valence-electron chi connectivity index (χ2n) is 9.33. The van der Waals surface area contributed by atoms with Gasteiger partial charge in [0.2, 0.25) is 0 Å². The summed E-state index contributed by atoms with van der Waals surface area (Å²) in [5, 5.41) is 17.1. The molecule has 0 radical (unpaired) electrons. The first-order valence-corrected chi connectivity index (χ1v) is 13.0. The molecule has 0 fully saturated rings. The van der Waals surface area contributed by atoms with Crippen molar-refractivity contribution in [3.05, 3.63) is 134 Å². The largest absolute Gasteiger partial charge is 0.452 e. The van der Waals surface area contributed by atoms with Crippen molar-refractivity contribution in [3.8, 4) is 11.4 Å². The van der Waals surface area contributed by atoms with E-state index in [1.807, 2.05) is 0 Å². The Morgan fingerprint density at radius 1 is 1.14 bits per heavy atom. The molecule has 0 spiro atoms. The van der Waals surface area contributed by atoms with Crippen LogP contribution >= 0.6 is 0 Å². The molecule has 3 N–H and O–H groups in total. The number of rotatable bonds is 8. The average molecular weight is 586 g/mol. The zero-order valence-electron chi connectivity index (χ0n) is 23.0. The lowest BCUT2D eigenvalue weighted by atomic mass is 10.1. The summed E-state index contributed by atoms with van der Waals surface area (Å²) in [5.74, 6) is -2.17. The molecule has 11 nitrogen and oxygen atoms in total. The summed E-state index contributed by atoms with van der Waals surface area (Å²) in [6.07, 6.45) is 10.5. The summed E-state index contributed by atoms with van der Waals surface area (Å²) in [4.78, 5) is 39.2. The molecule has 0 saturated carbocycles. The van der Waals surface area contributed by atoms with E-state index in [2.05, 4.69) is 15.7 Å². The van der Waals surface area contributed by atoms with Gasteiger partial charge in [-0.15, -0.1) is 0 Å². The zero-order valence-corrected chi connectivity index (χ0v) is 23.0. The molecule has 0 aliphatic carbocycles. The lowest BCUT2D eigenvalue weighted by molar-refractivity contribution is 0.102. The fourth-order valence-corrected chi connectivity index (χ4v) is 4.30. The van der Waals surface area contributed by atoms with Crippen LogP contribution in [0.4, 0.5) is 14.5 Å². The Bertz CT molecular complexity index is 1950. The van der Waals surface area contributed by atoms with Gasteiger partial charge in [-0.05, 0) is 55.5 Å². The van der Waals surface area contributed by atoms with Crippen LogP contribution in [0.1, 0.15) is 22.8 Å². The number of nitrogens with one attached hydrogen (secondary N) is 3. The number of ether oxygens (including phenoxy) is 1. The molecule has 13 heteroatoms. The Labute approximate surface area is 243 Å². The minimum Gasteiger partial charge on any atom is -0.452 e. The molecule has 0 bridgehead atoms. The third kappa shape index (κ3) is 5.95. The van der Waals surface area contributed by atoms with Crippen molar-refractivity contribution in [2.24, 2.45) is 7.05 Å². The number of benzene rings is 2. The molecule has 1 aliphatic rings. The molecule has 0 atom stereocenters. The number of dihydropyridines is 1. The highest BCUT2D eigenvalue weighted by Crippen LogP contribution is 2.29. The predicted octanol–water partition coefficient (Wildman–Crippen LogP) is 3.72. The first-order chi connectivity index (χ1) is 20.7. The van der Waals surface area contributed by atoms with Gasteiger partial charge in [-0.25, -0.2) is 18.1 Å². The summed E-state index contributed by atoms with van der Waals surface area (Å²) in [6, 6.07) is 8.41. The van der Waals surface area contributed by atoms with Crippen molar-refractivity contribution in [1.82, 2.24) is 24.2 Å². The number of amides is 1. The number of anilines is 1. The van der Waals surface area contributed by atoms with E-state index in [1.165, 1.54) is 30.3 Å². The van der Waals surface area contributed by atoms with Crippen molar-refractivity contribution < 1.29 is 18.3 Å². The van der Waals surface area contributed by atoms with Crippen LogP contribution in [-0.2, 0) is 13.6 Å². The Morgan fingerprint density at radius 2 is 1.91 bits per heavy atom. The van der Waals surface area contributed by atoms with Gasteiger partial charge in [-0.2, -0.15) is 5.10 Å². The molecule has 0 unspecified atom stereocenters. The number of aryl methyl sites for hydroxylation is 2. The van der Waals surface area contributed by atoms with Crippen LogP contribution in [0.5, 0.6) is 5.75 Å². The molecule has 3 heterocycles. The maximum Gasteiger partial charge on any atom is 0.335 e. The third-order valence-corrected chi connectivity index (χ3v) is 6.46. The molecule has 0 saturated heterocycles. The molecular formula is C30H25F2N7O4. The smallest absolute Gasteiger partial charge is 0.335 e. The Hall–Kier alpha value is -5.85. The molecule has 2 aromatic heterocycles. The number of allylic oxidation sites excluding steroid dienone is 3. The highest BCUT2D eigenvalue weighted by Gasteiger charge is 2.20. The fourth-order valence-electron chi connectivity index (χ4n) is 4.30. The van der Waals surface area contributed by atoms with Gasteiger partial charge >= 0.3 is 5.69 Å². The first-order valence-electron chi connectivity index (χ1n) is 13.0. The van der Waals surface area contributed by atoms with E-state index in [1.54, 1.807) is 43.3 Å². The van der Waals surface area contributed by atoms with E-state index in [4.69, 9.17) is 10.1 Å². The van der Waals surface area contributed by atoms with Gasteiger partial charge in [-0.3, -0.25) is 18.8 Å². The average Bonchev–Trinajstić information content (AvgIpc) is 3.42. The van der Waals surface area contributed by atoms with Crippen LogP contribution in [0.3, 0.4) is 0 Å². The van der Waals surface area contributed by atoms with E-state index in [9.17, 15) is 18.8 Å². The van der Waals surface area contributed by atoms with Gasteiger partial charge in [0.1, 0.15) is 11.4 Å². The van der Waals surface area contributed by atoms with Gasteiger partial charge < -0.3 is 20.8 Å². The highest BCUT2D eigenvalue weighted by molar-refractivity contribution is 6.03. The summed E-state index contributed by atoms with van der Waals surface area (Å²) in [6.45, 7) is 1.81. The van der Waals surface area contributed by atoms with E-state index >= 15 is 4.39 Å². The van der Waals surface area contributed by atoms with Gasteiger partial charge in [0.15, 0.2) is 17.3 Å². The minimum atomic E-state index is -0.918. The van der Waals surface area contributed by atoms with E-state index in [-0.39, 0.29) is 35.0 Å². The Balaban J connectivity index is 1.41. The minimum absolute atomic E-state index is 0.0266. The maximum atomic E-state index is 15.2. The SMILES string of the molecule is CCn1cc(C(=O)Nc2ccc(OC3=CC(c4cnn(C)c4)=CN/C3=C\C=N)c(F)c2)c(=O)n(-c2ccc(F)cc2)c1=O. The van der Waals surface area contributed by atoms with Crippen LogP contribution < -0.4 is 26.6 Å². The van der Waals surface area contributed by atoms with Crippen molar-refractivity contribution in [3.63, 3.8) is 0 Å². The number of hydrogen-bond acceptors (Lipinski definition) is 7. The lowest BCUT2D eigenvalue weighted by Crippen LogP contribution is -2.42. The maximum absolute atomic E-state index is 15.2. The van der Waals surface area contributed by atoms with Crippen LogP contribution in [0.25, 0.3) is 11.3 Å². The number of aromatic nitrogens is 4. The van der Waals surface area contributed by atoms with Crippen molar-refractivity contribution >= 4 is 23.4 Å². The fraction of sp³-hybridized carbons (Fsp3) is 0.100. The van der Waals surface area contributed by atoms with E-state index in [0.29, 0.717) is 11.3 Å². The number of carbonyl (C=O) groups excluding carboxylic acids is 1. The molecule has 2 aromatic carbocycles. The summed E-state index contributed by atoms with van der Waals surface area (Å²) in [7, 11) is 1.78. The molecular weight excluding hydrogens is 560 g/mol. The molecule has 1 aliphatic heterocycles. The molecule has 1 amide bonds. The van der Waals surface area contributed by atoms with Crippen LogP contribution in [-0.4, -0.2) is 31.0 Å². The van der Waals surface area contributed by atoms with Crippen LogP contribution in [0.15, 0.2) is 100 Å². The molecule has 43 heavy (non-hydrogen) atoms. The van der Waals surface area contributed by atoms with Gasteiger partial charge in [-0.1, -0.05) is 0 Å². The summed E-state index contributed by atoms with van der Waals surface area (Å²) >= 11 is 0. The number of carbonyl (C=O) groups is 1. The quantitative estimate of drug-likeness (QED) is 0.270. The van der Waals surface area contributed by atoms with Crippen molar-refractivity contribution in [1.29, 1.82) is 5.41 Å². The zero-order chi connectivity index (χ0) is 30.7. The normalized spacial score (nSPS) is 13.6. The van der Waals surface area contributed by atoms with Crippen molar-refractivity contribution in [2.75, 3.05) is 5.32 Å². The van der Waals surface area contributed by atoms with Crippen LogP contribution in [0, 0.1) is 17.0 Å². The highest BCUT2D eigenvalue weighted by atomic mass is 19.1. The van der Waals surface area contributed by atoms with E-state index in [0.717, 1.165) is 45.3 Å². The standard InChI is InChI=1S/C30H25F2N7O4/c1-3-38-17-23(29(41)39(30(38)42)22-7-4-20(31)5-8-22)28(40)36-21-6-9-26(24(32)13-21)43-27-12-18(14-34-25(27)10-11-33)19-15-35-37(2)16-19/h4-17,33-34H,3H2,1-2H3,(H,36,40)/b25-10-,33-11?. The Morgan fingerprint density at radius 3 is 2.56 bits per heavy atom. The van der Waals surface area contributed by atoms with Gasteiger partial charge in [0.05, 0.1) is 17.6 Å². The summed E-state index contributed by atoms with van der Waals surface area (Å²) < 4.78 is 38.1. The number of nitrogens with zero attached hydrogens (tertiary/aromatic N) is 4. The van der Waals surface area contributed by atoms with E-state index < -0.39 is 28.8 Å². The second kappa shape index (κ2) is 11.9. The number of halogens is 2. The first kappa shape index (κ1) is 28.7. The lowest BCUT2D eigenvalue weighted by Gasteiger charge is -2.19. The summed E-state index contributed by atoms with van der Waals surface area (Å²) in [5.41, 5.74) is 0.0466. The molecule has 4 aromatic rings. The molecule has 218 valence electrons. The predicted molar refractivity (Wildman–Crippen MR) is 156 cm³/mol. The molecule has 5 rings (SSSR count). The van der Waals surface area contributed by atoms with Gasteiger partial charge in [0, 0.05) is 61.3 Å². The number of hydrogen-bond donors (Lipinski definition) is 3. The third-order valence-electron chi connectivity index (χ3n) is 6.46. The Kier molecular flexibility index (Phi) is 7.96. The van der Waals surface area contributed by atoms with Crippen molar-refractivity contribution in [2.45, 2.75) is 13.5 Å². The monoisotopic (exact) mass is 585 g/mol. The topological polar surface area (TPSA) is 136 Å². The van der Waals surface area contributed by atoms with Crippen LogP contribution in [0.2, 0.25) is 0 Å². The van der Waals surface area contributed by atoms with Gasteiger partial charge in [0.25, 0.3) is 11.5 Å².